The molecule has 1 atom stereocenters. The van der Waals surface area contributed by atoms with Gasteiger partial charge in [0.2, 0.25) is 11.2 Å². The summed E-state index contributed by atoms with van der Waals surface area (Å²) in [7, 11) is 1.28. The maximum atomic E-state index is 12.4. The van der Waals surface area contributed by atoms with Crippen molar-refractivity contribution in [2.75, 3.05) is 20.2 Å². The van der Waals surface area contributed by atoms with E-state index in [9.17, 15) is 19.8 Å². The number of hydrogen-bond donors (Lipinski definition) is 2. The summed E-state index contributed by atoms with van der Waals surface area (Å²) in [5.41, 5.74) is 0.0821. The van der Waals surface area contributed by atoms with Gasteiger partial charge in [0.05, 0.1) is 26.0 Å². The average Bonchev–Trinajstić information content (AvgIpc) is 2.70. The molecule has 1 aromatic carbocycles. The van der Waals surface area contributed by atoms with E-state index in [-0.39, 0.29) is 17.9 Å². The molecule has 3 rings (SSSR count). The minimum absolute atomic E-state index is 0.0376. The standard InChI is InChI=1S/C21H25NO6/c1-27-19(25)12-17(14-5-7-15(23)8-6-14)21-20(26)18(24)11-16(28-21)13-22-9-3-2-4-10-22/h5-8,11,17,23,26H,2-4,9-10,12-13H2,1H3. The Morgan fingerprint density at radius 2 is 1.86 bits per heavy atom. The fraction of sp³-hybridized carbons (Fsp3) is 0.429. The number of aromatic hydroxyl groups is 2. The number of benzene rings is 1. The van der Waals surface area contributed by atoms with Crippen LogP contribution >= 0.6 is 0 Å². The Balaban J connectivity index is 1.98. The maximum absolute atomic E-state index is 12.4. The van der Waals surface area contributed by atoms with Crippen molar-refractivity contribution in [3.8, 4) is 11.5 Å². The van der Waals surface area contributed by atoms with Crippen LogP contribution < -0.4 is 5.43 Å². The highest BCUT2D eigenvalue weighted by molar-refractivity contribution is 5.71. The molecular formula is C21H25NO6. The normalized spacial score (nSPS) is 15.9. The molecule has 28 heavy (non-hydrogen) atoms. The summed E-state index contributed by atoms with van der Waals surface area (Å²) in [6, 6.07) is 7.51. The van der Waals surface area contributed by atoms with Crippen LogP contribution in [0.5, 0.6) is 11.5 Å². The van der Waals surface area contributed by atoms with Gasteiger partial charge in [-0.1, -0.05) is 18.6 Å². The third kappa shape index (κ3) is 4.72. The van der Waals surface area contributed by atoms with Crippen LogP contribution in [0, 0.1) is 0 Å². The molecule has 1 unspecified atom stereocenters. The van der Waals surface area contributed by atoms with Crippen molar-refractivity contribution >= 4 is 5.97 Å². The highest BCUT2D eigenvalue weighted by Gasteiger charge is 2.27. The van der Waals surface area contributed by atoms with Crippen molar-refractivity contribution in [2.24, 2.45) is 0 Å². The van der Waals surface area contributed by atoms with Crippen molar-refractivity contribution in [3.63, 3.8) is 0 Å². The predicted octanol–water partition coefficient (Wildman–Crippen LogP) is 2.73. The molecule has 1 aromatic heterocycles. The molecule has 0 amide bonds. The van der Waals surface area contributed by atoms with Crippen LogP contribution in [0.1, 0.15) is 48.7 Å². The molecule has 0 aliphatic carbocycles. The van der Waals surface area contributed by atoms with Crippen molar-refractivity contribution < 1.29 is 24.2 Å². The number of esters is 1. The van der Waals surface area contributed by atoms with E-state index in [4.69, 9.17) is 9.15 Å². The van der Waals surface area contributed by atoms with Crippen LogP contribution in [0.15, 0.2) is 39.5 Å². The number of rotatable bonds is 6. The number of phenolic OH excluding ortho intramolecular Hbond substituents is 1. The van der Waals surface area contributed by atoms with E-state index in [1.54, 1.807) is 12.1 Å². The Morgan fingerprint density at radius 1 is 1.18 bits per heavy atom. The monoisotopic (exact) mass is 387 g/mol. The highest BCUT2D eigenvalue weighted by Crippen LogP contribution is 2.34. The number of phenols is 1. The molecule has 2 heterocycles. The Labute approximate surface area is 163 Å². The van der Waals surface area contributed by atoms with Crippen LogP contribution in [0.4, 0.5) is 0 Å². The first-order chi connectivity index (χ1) is 13.5. The fourth-order valence-corrected chi connectivity index (χ4v) is 3.53. The quantitative estimate of drug-likeness (QED) is 0.735. The first kappa shape index (κ1) is 19.9. The van der Waals surface area contributed by atoms with E-state index in [1.807, 2.05) is 0 Å². The number of hydrogen-bond acceptors (Lipinski definition) is 7. The van der Waals surface area contributed by atoms with Gasteiger partial charge in [-0.05, 0) is 43.6 Å². The summed E-state index contributed by atoms with van der Waals surface area (Å²) in [5, 5.41) is 19.9. The van der Waals surface area contributed by atoms with Gasteiger partial charge in [0.15, 0.2) is 5.76 Å². The number of carbonyl (C=O) groups excluding carboxylic acids is 1. The van der Waals surface area contributed by atoms with E-state index in [1.165, 1.54) is 31.7 Å². The lowest BCUT2D eigenvalue weighted by molar-refractivity contribution is -0.140. The average molecular weight is 387 g/mol. The Morgan fingerprint density at radius 3 is 2.50 bits per heavy atom. The van der Waals surface area contributed by atoms with E-state index < -0.39 is 23.1 Å². The minimum atomic E-state index is -0.706. The number of likely N-dealkylation sites (tertiary alicyclic amines) is 1. The number of nitrogens with zero attached hydrogens (tertiary/aromatic N) is 1. The van der Waals surface area contributed by atoms with E-state index >= 15 is 0 Å². The number of carbonyl (C=O) groups is 1. The summed E-state index contributed by atoms with van der Waals surface area (Å²) in [6.45, 7) is 2.34. The first-order valence-corrected chi connectivity index (χ1v) is 9.42. The molecule has 1 aliphatic rings. The molecule has 7 nitrogen and oxygen atoms in total. The van der Waals surface area contributed by atoms with Gasteiger partial charge in [0.25, 0.3) is 0 Å². The molecule has 0 spiro atoms. The molecule has 1 aliphatic heterocycles. The summed E-state index contributed by atoms with van der Waals surface area (Å²) >= 11 is 0. The molecule has 150 valence electrons. The highest BCUT2D eigenvalue weighted by atomic mass is 16.5. The van der Waals surface area contributed by atoms with Gasteiger partial charge in [-0.3, -0.25) is 14.5 Å². The summed E-state index contributed by atoms with van der Waals surface area (Å²) in [4.78, 5) is 26.5. The SMILES string of the molecule is COC(=O)CC(c1ccc(O)cc1)c1oc(CN2CCCCC2)cc(=O)c1O. The number of piperidine rings is 1. The van der Waals surface area contributed by atoms with Crippen LogP contribution in [-0.4, -0.2) is 41.3 Å². The number of methoxy groups -OCH3 is 1. The topological polar surface area (TPSA) is 100 Å². The van der Waals surface area contributed by atoms with Crippen LogP contribution in [0.25, 0.3) is 0 Å². The minimum Gasteiger partial charge on any atom is -0.508 e. The zero-order chi connectivity index (χ0) is 20.1. The summed E-state index contributed by atoms with van der Waals surface area (Å²) in [5.74, 6) is -1.15. The van der Waals surface area contributed by atoms with Crippen molar-refractivity contribution in [1.29, 1.82) is 0 Å². The zero-order valence-corrected chi connectivity index (χ0v) is 15.9. The molecule has 0 saturated carbocycles. The zero-order valence-electron chi connectivity index (χ0n) is 15.9. The van der Waals surface area contributed by atoms with E-state index in [0.717, 1.165) is 25.9 Å². The van der Waals surface area contributed by atoms with Crippen LogP contribution in [0.2, 0.25) is 0 Å². The Hall–Kier alpha value is -2.80. The van der Waals surface area contributed by atoms with Crippen molar-refractivity contribution in [1.82, 2.24) is 4.90 Å². The third-order valence-corrected chi connectivity index (χ3v) is 5.04. The molecule has 1 saturated heterocycles. The number of ether oxygens (including phenoxy) is 1. The van der Waals surface area contributed by atoms with Gasteiger partial charge in [-0.25, -0.2) is 0 Å². The van der Waals surface area contributed by atoms with Crippen molar-refractivity contribution in [2.45, 2.75) is 38.1 Å². The maximum Gasteiger partial charge on any atom is 0.306 e. The molecule has 0 bridgehead atoms. The fourth-order valence-electron chi connectivity index (χ4n) is 3.53. The summed E-state index contributed by atoms with van der Waals surface area (Å²) < 4.78 is 10.7. The smallest absolute Gasteiger partial charge is 0.306 e. The molecule has 7 heteroatoms. The summed E-state index contributed by atoms with van der Waals surface area (Å²) in [6.07, 6.45) is 3.30. The second-order valence-electron chi connectivity index (χ2n) is 7.05. The third-order valence-electron chi connectivity index (χ3n) is 5.04. The van der Waals surface area contributed by atoms with Gasteiger partial charge < -0.3 is 19.4 Å². The van der Waals surface area contributed by atoms with Gasteiger partial charge in [0, 0.05) is 6.07 Å². The second-order valence-corrected chi connectivity index (χ2v) is 7.05. The lowest BCUT2D eigenvalue weighted by Crippen LogP contribution is -2.29. The predicted molar refractivity (Wildman–Crippen MR) is 102 cm³/mol. The van der Waals surface area contributed by atoms with Crippen LogP contribution in [0.3, 0.4) is 0 Å². The molecule has 2 N–H and O–H groups in total. The van der Waals surface area contributed by atoms with Gasteiger partial charge >= 0.3 is 5.97 Å². The lowest BCUT2D eigenvalue weighted by atomic mass is 9.92. The Bertz CT molecular complexity index is 867. The van der Waals surface area contributed by atoms with E-state index in [2.05, 4.69) is 4.90 Å². The van der Waals surface area contributed by atoms with E-state index in [0.29, 0.717) is 17.9 Å². The molecule has 2 aromatic rings. The molecule has 1 fully saturated rings. The largest absolute Gasteiger partial charge is 0.508 e. The second kappa shape index (κ2) is 8.93. The van der Waals surface area contributed by atoms with Gasteiger partial charge in [-0.2, -0.15) is 0 Å². The van der Waals surface area contributed by atoms with Crippen LogP contribution in [-0.2, 0) is 16.1 Å². The van der Waals surface area contributed by atoms with Gasteiger partial charge in [-0.15, -0.1) is 0 Å². The first-order valence-electron chi connectivity index (χ1n) is 9.42. The lowest BCUT2D eigenvalue weighted by Gasteiger charge is -2.26. The Kier molecular flexibility index (Phi) is 6.36. The van der Waals surface area contributed by atoms with Crippen molar-refractivity contribution in [3.05, 3.63) is 57.6 Å². The molecule has 0 radical (unpaired) electrons. The van der Waals surface area contributed by atoms with Gasteiger partial charge in [0.1, 0.15) is 11.5 Å². The molecular weight excluding hydrogens is 362 g/mol.